The number of nitrogens with two attached hydrogens (primary N) is 2. The van der Waals surface area contributed by atoms with Gasteiger partial charge in [-0.3, -0.25) is 0 Å². The normalized spacial score (nSPS) is 9.56. The zero-order valence-electron chi connectivity index (χ0n) is 10.4. The van der Waals surface area contributed by atoms with E-state index in [4.69, 9.17) is 34.7 Å². The van der Waals surface area contributed by atoms with Crippen molar-refractivity contribution in [1.82, 2.24) is 0 Å². The molecule has 0 spiro atoms. The summed E-state index contributed by atoms with van der Waals surface area (Å²) >= 11 is 11.4. The van der Waals surface area contributed by atoms with Gasteiger partial charge in [0.15, 0.2) is 0 Å². The molecule has 4 heteroatoms. The summed E-state index contributed by atoms with van der Waals surface area (Å²) in [5.74, 6) is 0. The van der Waals surface area contributed by atoms with Crippen LogP contribution < -0.4 is 11.5 Å². The quantitative estimate of drug-likeness (QED) is 0.701. The van der Waals surface area contributed by atoms with Gasteiger partial charge in [-0.05, 0) is 49.2 Å². The van der Waals surface area contributed by atoms with Crippen molar-refractivity contribution < 1.29 is 0 Å². The van der Waals surface area contributed by atoms with Gasteiger partial charge in [0.1, 0.15) is 0 Å². The molecule has 2 nitrogen and oxygen atoms in total. The smallest absolute Gasteiger partial charge is 0.0638 e. The van der Waals surface area contributed by atoms with Crippen molar-refractivity contribution in [3.8, 4) is 0 Å². The summed E-state index contributed by atoms with van der Waals surface area (Å²) in [4.78, 5) is 0. The molecule has 4 N–H and O–H groups in total. The summed E-state index contributed by atoms with van der Waals surface area (Å²) in [6.45, 7) is 3.92. The zero-order chi connectivity index (χ0) is 13.7. The summed E-state index contributed by atoms with van der Waals surface area (Å²) in [6, 6.07) is 11.1. The molecule has 0 aliphatic carbocycles. The van der Waals surface area contributed by atoms with Crippen LogP contribution in [0, 0.1) is 13.8 Å². The van der Waals surface area contributed by atoms with Gasteiger partial charge in [-0.2, -0.15) is 0 Å². The number of rotatable bonds is 0. The molecule has 0 atom stereocenters. The Morgan fingerprint density at radius 3 is 1.94 bits per heavy atom. The minimum atomic E-state index is 0.634. The van der Waals surface area contributed by atoms with E-state index < -0.39 is 0 Å². The van der Waals surface area contributed by atoms with E-state index in [-0.39, 0.29) is 0 Å². The van der Waals surface area contributed by atoms with E-state index in [2.05, 4.69) is 0 Å². The Balaban J connectivity index is 0.000000180. The Hall–Kier alpha value is -1.38. The van der Waals surface area contributed by atoms with Crippen LogP contribution in [0.1, 0.15) is 11.1 Å². The lowest BCUT2D eigenvalue weighted by molar-refractivity contribution is 1.47. The van der Waals surface area contributed by atoms with Gasteiger partial charge < -0.3 is 11.5 Å². The molecule has 0 bridgehead atoms. The number of anilines is 2. The predicted molar refractivity (Wildman–Crippen MR) is 81.2 cm³/mol. The van der Waals surface area contributed by atoms with E-state index in [0.717, 1.165) is 16.1 Å². The molecule has 0 radical (unpaired) electrons. The summed E-state index contributed by atoms with van der Waals surface area (Å²) in [6.07, 6.45) is 0. The van der Waals surface area contributed by atoms with Crippen molar-refractivity contribution in [2.75, 3.05) is 11.5 Å². The van der Waals surface area contributed by atoms with Gasteiger partial charge in [-0.1, -0.05) is 35.3 Å². The molecule has 0 heterocycles. The Morgan fingerprint density at radius 1 is 0.833 bits per heavy atom. The minimum absolute atomic E-state index is 0.634. The average Bonchev–Trinajstić information content (AvgIpc) is 2.30. The molecular formula is C14H16Cl2N2. The molecule has 2 aromatic carbocycles. The number of hydrogen-bond donors (Lipinski definition) is 2. The van der Waals surface area contributed by atoms with Gasteiger partial charge >= 0.3 is 0 Å². The maximum atomic E-state index is 5.73. The zero-order valence-corrected chi connectivity index (χ0v) is 11.9. The third-order valence-electron chi connectivity index (χ3n) is 2.35. The van der Waals surface area contributed by atoms with Gasteiger partial charge in [0.05, 0.1) is 10.7 Å². The average molecular weight is 283 g/mol. The molecule has 0 unspecified atom stereocenters. The van der Waals surface area contributed by atoms with Crippen LogP contribution in [0.25, 0.3) is 0 Å². The first-order valence-corrected chi connectivity index (χ1v) is 6.19. The van der Waals surface area contributed by atoms with E-state index in [0.29, 0.717) is 16.4 Å². The second-order valence-corrected chi connectivity index (χ2v) is 4.85. The fourth-order valence-corrected chi connectivity index (χ4v) is 1.67. The standard InChI is InChI=1S/2C7H8ClN/c1-5-2-3-6(9)4-7(5)8;1-5-2-3-7(9)6(8)4-5/h2*2-4H,9H2,1H3. The van der Waals surface area contributed by atoms with E-state index in [1.54, 1.807) is 12.1 Å². The van der Waals surface area contributed by atoms with Gasteiger partial charge in [0, 0.05) is 10.7 Å². The second-order valence-electron chi connectivity index (χ2n) is 4.03. The van der Waals surface area contributed by atoms with Gasteiger partial charge in [0.25, 0.3) is 0 Å². The topological polar surface area (TPSA) is 52.0 Å². The van der Waals surface area contributed by atoms with E-state index in [9.17, 15) is 0 Å². The van der Waals surface area contributed by atoms with Gasteiger partial charge in [-0.25, -0.2) is 0 Å². The second kappa shape index (κ2) is 6.53. The highest BCUT2D eigenvalue weighted by molar-refractivity contribution is 6.33. The molecule has 18 heavy (non-hydrogen) atoms. The number of hydrogen-bond acceptors (Lipinski definition) is 2. The highest BCUT2D eigenvalue weighted by atomic mass is 35.5. The van der Waals surface area contributed by atoms with Crippen LogP contribution in [0.15, 0.2) is 36.4 Å². The predicted octanol–water partition coefficient (Wildman–Crippen LogP) is 4.46. The third kappa shape index (κ3) is 4.47. The Labute approximate surface area is 118 Å². The highest BCUT2D eigenvalue weighted by Crippen LogP contribution is 2.18. The molecule has 2 aromatic rings. The van der Waals surface area contributed by atoms with Crippen LogP contribution in [-0.2, 0) is 0 Å². The highest BCUT2D eigenvalue weighted by Gasteiger charge is 1.92. The first-order valence-electron chi connectivity index (χ1n) is 5.43. The molecule has 0 fully saturated rings. The molecule has 0 aromatic heterocycles. The summed E-state index contributed by atoms with van der Waals surface area (Å²) in [7, 11) is 0. The van der Waals surface area contributed by atoms with E-state index >= 15 is 0 Å². The van der Waals surface area contributed by atoms with Crippen LogP contribution >= 0.6 is 23.2 Å². The van der Waals surface area contributed by atoms with E-state index in [1.807, 2.05) is 38.1 Å². The van der Waals surface area contributed by atoms with Crippen LogP contribution in [-0.4, -0.2) is 0 Å². The van der Waals surface area contributed by atoms with Crippen molar-refractivity contribution in [1.29, 1.82) is 0 Å². The fourth-order valence-electron chi connectivity index (χ4n) is 1.24. The number of halogens is 2. The van der Waals surface area contributed by atoms with Crippen molar-refractivity contribution in [2.45, 2.75) is 13.8 Å². The first kappa shape index (κ1) is 14.7. The Bertz CT molecular complexity index is 490. The molecule has 0 aliphatic heterocycles. The maximum Gasteiger partial charge on any atom is 0.0638 e. The Kier molecular flexibility index (Phi) is 5.32. The summed E-state index contributed by atoms with van der Waals surface area (Å²) in [5, 5.41) is 1.37. The molecule has 0 amide bonds. The lowest BCUT2D eigenvalue weighted by Gasteiger charge is -1.96. The molecule has 0 saturated carbocycles. The number of benzene rings is 2. The molecule has 2 rings (SSSR count). The van der Waals surface area contributed by atoms with Crippen molar-refractivity contribution in [2.24, 2.45) is 0 Å². The Morgan fingerprint density at radius 2 is 1.50 bits per heavy atom. The van der Waals surface area contributed by atoms with Crippen molar-refractivity contribution in [3.05, 3.63) is 57.6 Å². The van der Waals surface area contributed by atoms with Crippen molar-refractivity contribution in [3.63, 3.8) is 0 Å². The van der Waals surface area contributed by atoms with Crippen LogP contribution in [0.3, 0.4) is 0 Å². The van der Waals surface area contributed by atoms with Gasteiger partial charge in [-0.15, -0.1) is 0 Å². The molecule has 0 aliphatic rings. The fraction of sp³-hybridized carbons (Fsp3) is 0.143. The molecule has 96 valence electrons. The first-order chi connectivity index (χ1) is 8.40. The molecular weight excluding hydrogens is 267 g/mol. The van der Waals surface area contributed by atoms with Crippen LogP contribution in [0.2, 0.25) is 10.0 Å². The van der Waals surface area contributed by atoms with Crippen LogP contribution in [0.5, 0.6) is 0 Å². The summed E-state index contributed by atoms with van der Waals surface area (Å²) in [5.41, 5.74) is 14.4. The number of aryl methyl sites for hydroxylation is 2. The van der Waals surface area contributed by atoms with Crippen molar-refractivity contribution >= 4 is 34.6 Å². The van der Waals surface area contributed by atoms with Crippen LogP contribution in [0.4, 0.5) is 11.4 Å². The lowest BCUT2D eigenvalue weighted by atomic mass is 10.2. The monoisotopic (exact) mass is 282 g/mol. The maximum absolute atomic E-state index is 5.73. The minimum Gasteiger partial charge on any atom is -0.399 e. The summed E-state index contributed by atoms with van der Waals surface area (Å²) < 4.78 is 0. The third-order valence-corrected chi connectivity index (χ3v) is 3.09. The molecule has 0 saturated heterocycles. The van der Waals surface area contributed by atoms with E-state index in [1.165, 1.54) is 0 Å². The largest absolute Gasteiger partial charge is 0.399 e. The lowest BCUT2D eigenvalue weighted by Crippen LogP contribution is -1.85. The van der Waals surface area contributed by atoms with Gasteiger partial charge in [0.2, 0.25) is 0 Å². The number of nitrogen functional groups attached to an aromatic ring is 2. The SMILES string of the molecule is Cc1ccc(N)c(Cl)c1.Cc1ccc(N)cc1Cl.